The van der Waals surface area contributed by atoms with E-state index < -0.39 is 0 Å². The number of ether oxygens (including phenoxy) is 1. The molecule has 7 heteroatoms. The van der Waals surface area contributed by atoms with Gasteiger partial charge in [0.15, 0.2) is 0 Å². The van der Waals surface area contributed by atoms with Gasteiger partial charge in [0.2, 0.25) is 5.91 Å². The Morgan fingerprint density at radius 1 is 1.45 bits per heavy atom. The second-order valence-electron chi connectivity index (χ2n) is 6.13. The quantitative estimate of drug-likeness (QED) is 0.836. The van der Waals surface area contributed by atoms with Crippen LogP contribution in [0.15, 0.2) is 6.20 Å². The molecule has 2 fully saturated rings. The fraction of sp³-hybridized carbons (Fsp3) is 0.733. The number of rotatable bonds is 4. The summed E-state index contributed by atoms with van der Waals surface area (Å²) in [7, 11) is 3.59. The van der Waals surface area contributed by atoms with Crippen molar-refractivity contribution < 1.29 is 9.53 Å². The molecule has 1 amide bonds. The first-order valence-corrected chi connectivity index (χ1v) is 8.20. The van der Waals surface area contributed by atoms with E-state index in [0.29, 0.717) is 11.6 Å². The number of amides is 1. The summed E-state index contributed by atoms with van der Waals surface area (Å²) in [4.78, 5) is 17.0. The molecule has 0 bridgehead atoms. The maximum Gasteiger partial charge on any atom is 0.240 e. The summed E-state index contributed by atoms with van der Waals surface area (Å²) in [6.45, 7) is 3.14. The first kappa shape index (κ1) is 15.8. The zero-order chi connectivity index (χ0) is 15.7. The summed E-state index contributed by atoms with van der Waals surface area (Å²) >= 11 is 6.21. The average molecular weight is 327 g/mol. The van der Waals surface area contributed by atoms with E-state index in [1.54, 1.807) is 18.0 Å². The van der Waals surface area contributed by atoms with Crippen LogP contribution in [-0.4, -0.2) is 64.4 Å². The van der Waals surface area contributed by atoms with Crippen LogP contribution in [0.25, 0.3) is 0 Å². The third-order valence-electron chi connectivity index (χ3n) is 4.76. The van der Waals surface area contributed by atoms with Gasteiger partial charge in [-0.15, -0.1) is 0 Å². The molecular weight excluding hydrogens is 304 g/mol. The summed E-state index contributed by atoms with van der Waals surface area (Å²) in [5, 5.41) is 4.83. The highest BCUT2D eigenvalue weighted by Gasteiger charge is 2.39. The smallest absolute Gasteiger partial charge is 0.240 e. The Balaban J connectivity index is 1.76. The molecule has 0 unspecified atom stereocenters. The van der Waals surface area contributed by atoms with Crippen molar-refractivity contribution in [2.75, 3.05) is 26.7 Å². The van der Waals surface area contributed by atoms with Crippen molar-refractivity contribution in [2.24, 2.45) is 7.05 Å². The Labute approximate surface area is 136 Å². The van der Waals surface area contributed by atoms with Crippen LogP contribution >= 0.6 is 11.6 Å². The van der Waals surface area contributed by atoms with Crippen molar-refractivity contribution >= 4 is 17.5 Å². The number of hydrogen-bond donors (Lipinski definition) is 0. The number of hydrogen-bond acceptors (Lipinski definition) is 4. The number of likely N-dealkylation sites (tertiary alicyclic amines) is 2. The van der Waals surface area contributed by atoms with Crippen LogP contribution in [0.5, 0.6) is 0 Å². The molecule has 122 valence electrons. The molecule has 3 heterocycles. The maximum absolute atomic E-state index is 12.8. The molecule has 2 atom stereocenters. The Bertz CT molecular complexity index is 522. The van der Waals surface area contributed by atoms with Crippen molar-refractivity contribution in [3.8, 4) is 0 Å². The Morgan fingerprint density at radius 2 is 2.18 bits per heavy atom. The van der Waals surface area contributed by atoms with Gasteiger partial charge < -0.3 is 9.64 Å². The fourth-order valence-electron chi connectivity index (χ4n) is 3.42. The Morgan fingerprint density at radius 3 is 2.77 bits per heavy atom. The lowest BCUT2D eigenvalue weighted by Gasteiger charge is -2.27. The van der Waals surface area contributed by atoms with Crippen LogP contribution in [0, 0.1) is 0 Å². The standard InChI is InChI=1S/C15H23ClN4O2/c1-18-14(12(16)8-17-18)10-20-9-11(22-2)7-13(20)15(21)19-5-3-4-6-19/h8,11,13H,3-7,9-10H2,1-2H3/t11-,13-/m0/s1. The van der Waals surface area contributed by atoms with E-state index in [1.165, 1.54) is 0 Å². The van der Waals surface area contributed by atoms with E-state index in [0.717, 1.165) is 44.6 Å². The van der Waals surface area contributed by atoms with Crippen LogP contribution in [0.4, 0.5) is 0 Å². The summed E-state index contributed by atoms with van der Waals surface area (Å²) in [5.74, 6) is 0.232. The predicted octanol–water partition coefficient (Wildman–Crippen LogP) is 1.29. The molecule has 2 aliphatic rings. The molecule has 22 heavy (non-hydrogen) atoms. The SMILES string of the molecule is CO[C@H]1C[C@@H](C(=O)N2CCCC2)N(Cc2c(Cl)cnn2C)C1. The lowest BCUT2D eigenvalue weighted by Crippen LogP contribution is -2.44. The van der Waals surface area contributed by atoms with Gasteiger partial charge in [0.25, 0.3) is 0 Å². The molecule has 0 radical (unpaired) electrons. The second kappa shape index (κ2) is 6.56. The number of carbonyl (C=O) groups excluding carboxylic acids is 1. The predicted molar refractivity (Wildman–Crippen MR) is 83.6 cm³/mol. The van der Waals surface area contributed by atoms with E-state index >= 15 is 0 Å². The highest BCUT2D eigenvalue weighted by molar-refractivity contribution is 6.31. The summed E-state index contributed by atoms with van der Waals surface area (Å²) < 4.78 is 7.27. The van der Waals surface area contributed by atoms with Gasteiger partial charge in [-0.3, -0.25) is 14.4 Å². The van der Waals surface area contributed by atoms with Gasteiger partial charge in [-0.2, -0.15) is 5.10 Å². The highest BCUT2D eigenvalue weighted by Crippen LogP contribution is 2.27. The van der Waals surface area contributed by atoms with Crippen LogP contribution in [-0.2, 0) is 23.1 Å². The maximum atomic E-state index is 12.8. The first-order valence-electron chi connectivity index (χ1n) is 7.82. The van der Waals surface area contributed by atoms with E-state index in [4.69, 9.17) is 16.3 Å². The van der Waals surface area contributed by atoms with E-state index in [-0.39, 0.29) is 18.1 Å². The third kappa shape index (κ3) is 3.00. The topological polar surface area (TPSA) is 50.6 Å². The number of halogens is 1. The zero-order valence-electron chi connectivity index (χ0n) is 13.2. The summed E-state index contributed by atoms with van der Waals surface area (Å²) in [5.41, 5.74) is 0.942. The number of aromatic nitrogens is 2. The summed E-state index contributed by atoms with van der Waals surface area (Å²) in [6, 6.07) is -0.117. The van der Waals surface area contributed by atoms with E-state index in [2.05, 4.69) is 10.00 Å². The van der Waals surface area contributed by atoms with Gasteiger partial charge in [0, 0.05) is 40.3 Å². The summed E-state index contributed by atoms with van der Waals surface area (Å²) in [6.07, 6.45) is 4.72. The molecule has 2 aliphatic heterocycles. The first-order chi connectivity index (χ1) is 10.6. The minimum Gasteiger partial charge on any atom is -0.380 e. The number of aryl methyl sites for hydroxylation is 1. The van der Waals surface area contributed by atoms with Crippen molar-refractivity contribution in [3.05, 3.63) is 16.9 Å². The van der Waals surface area contributed by atoms with Gasteiger partial charge in [0.05, 0.1) is 29.1 Å². The van der Waals surface area contributed by atoms with Crippen molar-refractivity contribution in [1.29, 1.82) is 0 Å². The highest BCUT2D eigenvalue weighted by atomic mass is 35.5. The van der Waals surface area contributed by atoms with Crippen LogP contribution < -0.4 is 0 Å². The third-order valence-corrected chi connectivity index (χ3v) is 5.08. The molecular formula is C15H23ClN4O2. The van der Waals surface area contributed by atoms with Crippen molar-refractivity contribution in [2.45, 2.75) is 38.0 Å². The van der Waals surface area contributed by atoms with Crippen LogP contribution in [0.2, 0.25) is 5.02 Å². The molecule has 1 aromatic rings. The molecule has 3 rings (SSSR count). The number of nitrogens with zero attached hydrogens (tertiary/aromatic N) is 4. The van der Waals surface area contributed by atoms with E-state index in [1.807, 2.05) is 11.9 Å². The van der Waals surface area contributed by atoms with Gasteiger partial charge in [-0.25, -0.2) is 0 Å². The molecule has 6 nitrogen and oxygen atoms in total. The van der Waals surface area contributed by atoms with Gasteiger partial charge >= 0.3 is 0 Å². The Kier molecular flexibility index (Phi) is 4.70. The largest absolute Gasteiger partial charge is 0.380 e. The lowest BCUT2D eigenvalue weighted by atomic mass is 10.1. The minimum atomic E-state index is -0.117. The molecule has 0 N–H and O–H groups in total. The zero-order valence-corrected chi connectivity index (χ0v) is 13.9. The van der Waals surface area contributed by atoms with Gasteiger partial charge in [0.1, 0.15) is 0 Å². The van der Waals surface area contributed by atoms with Gasteiger partial charge in [-0.1, -0.05) is 11.6 Å². The molecule has 2 saturated heterocycles. The van der Waals surface area contributed by atoms with Crippen molar-refractivity contribution in [3.63, 3.8) is 0 Å². The minimum absolute atomic E-state index is 0.101. The number of carbonyl (C=O) groups is 1. The van der Waals surface area contributed by atoms with E-state index in [9.17, 15) is 4.79 Å². The second-order valence-corrected chi connectivity index (χ2v) is 6.54. The molecule has 0 saturated carbocycles. The van der Waals surface area contributed by atoms with Crippen LogP contribution in [0.3, 0.4) is 0 Å². The van der Waals surface area contributed by atoms with Gasteiger partial charge in [-0.05, 0) is 19.3 Å². The Hall–Kier alpha value is -1.11. The van der Waals surface area contributed by atoms with Crippen LogP contribution in [0.1, 0.15) is 25.0 Å². The molecule has 0 aromatic carbocycles. The average Bonchev–Trinajstić information content (AvgIpc) is 3.23. The molecule has 0 spiro atoms. The van der Waals surface area contributed by atoms with Crippen molar-refractivity contribution in [1.82, 2.24) is 19.6 Å². The molecule has 1 aromatic heterocycles. The fourth-order valence-corrected chi connectivity index (χ4v) is 3.64. The number of methoxy groups -OCH3 is 1. The lowest BCUT2D eigenvalue weighted by molar-refractivity contribution is -0.135. The normalized spacial score (nSPS) is 26.0. The monoisotopic (exact) mass is 326 g/mol. The molecule has 0 aliphatic carbocycles.